The Bertz CT molecular complexity index is 1180. The van der Waals surface area contributed by atoms with Crippen molar-refractivity contribution >= 4 is 17.7 Å². The summed E-state index contributed by atoms with van der Waals surface area (Å²) in [4.78, 5) is 31.1. The number of halogens is 2. The van der Waals surface area contributed by atoms with Crippen LogP contribution in [-0.2, 0) is 11.2 Å². The molecule has 0 saturated carbocycles. The molecule has 2 aromatic rings. The van der Waals surface area contributed by atoms with Gasteiger partial charge in [-0.3, -0.25) is 14.6 Å². The molecule has 28 heavy (non-hydrogen) atoms. The highest BCUT2D eigenvalue weighted by Gasteiger charge is 2.19. The van der Waals surface area contributed by atoms with E-state index in [9.17, 15) is 23.6 Å². The number of amides is 1. The molecule has 0 fully saturated rings. The summed E-state index contributed by atoms with van der Waals surface area (Å²) in [7, 11) is 0. The fourth-order valence-corrected chi connectivity index (χ4v) is 3.08. The average molecular weight is 384 g/mol. The number of H-pyrrole nitrogens is 1. The van der Waals surface area contributed by atoms with Crippen molar-refractivity contribution < 1.29 is 13.6 Å². The summed E-state index contributed by atoms with van der Waals surface area (Å²) in [6.45, 7) is 4.69. The zero-order chi connectivity index (χ0) is 20.4. The molecule has 0 spiro atoms. The molecule has 1 amide bonds. The van der Waals surface area contributed by atoms with Crippen LogP contribution >= 0.6 is 0 Å². The zero-order valence-electron chi connectivity index (χ0n) is 15.1. The lowest BCUT2D eigenvalue weighted by atomic mass is 10.0. The second-order valence-electron chi connectivity index (χ2n) is 6.30. The molecule has 0 unspecified atom stereocenters. The number of nitrogens with zero attached hydrogens (tertiary/aromatic N) is 2. The number of nitriles is 1. The van der Waals surface area contributed by atoms with E-state index in [1.54, 1.807) is 13.0 Å². The van der Waals surface area contributed by atoms with Gasteiger partial charge in [-0.15, -0.1) is 0 Å². The molecule has 0 bridgehead atoms. The summed E-state index contributed by atoms with van der Waals surface area (Å²) in [5.74, 6) is -2.23. The first-order chi connectivity index (χ1) is 13.3. The number of hydrogen-bond donors (Lipinski definition) is 3. The van der Waals surface area contributed by atoms with Crippen LogP contribution in [-0.4, -0.2) is 15.9 Å². The molecule has 3 rings (SSSR count). The topological polar surface area (TPSA) is 111 Å². The van der Waals surface area contributed by atoms with Crippen molar-refractivity contribution in [3.05, 3.63) is 68.2 Å². The second-order valence-corrected chi connectivity index (χ2v) is 6.30. The SMILES string of the molecule is Cc1c(CC(=O)N[C@@H](C)c2ncc(F)cc2F)c(=O)[nH]c2c1=C(C#N)N[CH]C=2. The van der Waals surface area contributed by atoms with Gasteiger partial charge in [0.25, 0.3) is 5.56 Å². The molecule has 143 valence electrons. The average Bonchev–Trinajstić information content (AvgIpc) is 2.64. The fourth-order valence-electron chi connectivity index (χ4n) is 3.08. The van der Waals surface area contributed by atoms with Crippen LogP contribution in [0.3, 0.4) is 0 Å². The van der Waals surface area contributed by atoms with Crippen molar-refractivity contribution in [3.8, 4) is 6.07 Å². The lowest BCUT2D eigenvalue weighted by Gasteiger charge is -2.15. The normalized spacial score (nSPS) is 13.6. The van der Waals surface area contributed by atoms with Gasteiger partial charge in [0.1, 0.15) is 23.4 Å². The summed E-state index contributed by atoms with van der Waals surface area (Å²) >= 11 is 0. The Kier molecular flexibility index (Phi) is 5.22. The van der Waals surface area contributed by atoms with Crippen molar-refractivity contribution in [1.29, 1.82) is 5.26 Å². The van der Waals surface area contributed by atoms with Crippen molar-refractivity contribution in [2.75, 3.05) is 0 Å². The summed E-state index contributed by atoms with van der Waals surface area (Å²) in [6, 6.07) is 1.88. The van der Waals surface area contributed by atoms with Crippen LogP contribution in [0.4, 0.5) is 8.78 Å². The molecule has 1 aliphatic rings. The first-order valence-corrected chi connectivity index (χ1v) is 8.38. The van der Waals surface area contributed by atoms with Crippen LogP contribution in [0.2, 0.25) is 0 Å². The lowest BCUT2D eigenvalue weighted by molar-refractivity contribution is -0.121. The van der Waals surface area contributed by atoms with E-state index in [2.05, 4.69) is 20.6 Å². The number of carbonyl (C=O) groups is 1. The Morgan fingerprint density at radius 3 is 2.86 bits per heavy atom. The summed E-state index contributed by atoms with van der Waals surface area (Å²) in [6.07, 6.45) is 2.21. The van der Waals surface area contributed by atoms with Crippen molar-refractivity contribution in [3.63, 3.8) is 0 Å². The Morgan fingerprint density at radius 2 is 2.18 bits per heavy atom. The van der Waals surface area contributed by atoms with E-state index in [1.165, 1.54) is 13.5 Å². The molecule has 0 aliphatic carbocycles. The minimum absolute atomic E-state index is 0.111. The quantitative estimate of drug-likeness (QED) is 0.685. The van der Waals surface area contributed by atoms with Crippen molar-refractivity contribution in [1.82, 2.24) is 20.6 Å². The molecule has 0 saturated heterocycles. The van der Waals surface area contributed by atoms with E-state index >= 15 is 0 Å². The van der Waals surface area contributed by atoms with E-state index in [0.717, 1.165) is 6.20 Å². The van der Waals surface area contributed by atoms with Crippen LogP contribution in [0.15, 0.2) is 17.1 Å². The third kappa shape index (κ3) is 3.62. The van der Waals surface area contributed by atoms with Crippen LogP contribution < -0.4 is 26.8 Å². The van der Waals surface area contributed by atoms with Crippen LogP contribution in [0.1, 0.15) is 29.8 Å². The molecule has 1 atom stereocenters. The highest BCUT2D eigenvalue weighted by molar-refractivity contribution is 5.79. The van der Waals surface area contributed by atoms with Gasteiger partial charge in [0, 0.05) is 22.2 Å². The van der Waals surface area contributed by atoms with E-state index < -0.39 is 29.1 Å². The molecular weight excluding hydrogens is 368 g/mol. The molecule has 1 radical (unpaired) electrons. The predicted octanol–water partition coefficient (Wildman–Crippen LogP) is -0.0463. The smallest absolute Gasteiger partial charge is 0.252 e. The van der Waals surface area contributed by atoms with Crippen LogP contribution in [0, 0.1) is 36.4 Å². The number of hydrogen-bond acceptors (Lipinski definition) is 5. The number of pyridine rings is 2. The Labute approximate surface area is 158 Å². The van der Waals surface area contributed by atoms with Gasteiger partial charge in [0.15, 0.2) is 0 Å². The van der Waals surface area contributed by atoms with Gasteiger partial charge >= 0.3 is 0 Å². The van der Waals surface area contributed by atoms with Gasteiger partial charge in [0.05, 0.1) is 30.9 Å². The van der Waals surface area contributed by atoms with Gasteiger partial charge in [-0.25, -0.2) is 8.78 Å². The van der Waals surface area contributed by atoms with E-state index in [4.69, 9.17) is 0 Å². The standard InChI is InChI=1S/C19H16F2N5O2/c1-9-12(19(28)26-14-3-4-23-15(7-22)17(9)14)6-16(27)25-10(2)18-13(21)5-11(20)8-24-18/h3-5,8,10,23H,6H2,1-2H3,(H,25,27)(H,26,28)/t10-/m0/s1. The predicted molar refractivity (Wildman–Crippen MR) is 96.4 cm³/mol. The lowest BCUT2D eigenvalue weighted by Crippen LogP contribution is -2.45. The molecule has 0 aromatic carbocycles. The van der Waals surface area contributed by atoms with Gasteiger partial charge in [-0.2, -0.15) is 5.26 Å². The number of nitrogens with one attached hydrogen (secondary N) is 3. The van der Waals surface area contributed by atoms with E-state index in [1.807, 2.05) is 6.07 Å². The summed E-state index contributed by atoms with van der Waals surface area (Å²) < 4.78 is 26.8. The molecule has 2 aromatic heterocycles. The monoisotopic (exact) mass is 384 g/mol. The van der Waals surface area contributed by atoms with Crippen molar-refractivity contribution in [2.45, 2.75) is 26.3 Å². The molecule has 1 aliphatic heterocycles. The maximum absolute atomic E-state index is 13.8. The maximum Gasteiger partial charge on any atom is 0.252 e. The number of rotatable bonds is 4. The van der Waals surface area contributed by atoms with Crippen LogP contribution in [0.25, 0.3) is 11.8 Å². The highest BCUT2D eigenvalue weighted by Crippen LogP contribution is 2.14. The zero-order valence-corrected chi connectivity index (χ0v) is 15.1. The Hall–Kier alpha value is -3.54. The number of fused-ring (bicyclic) bond motifs is 1. The Balaban J connectivity index is 1.90. The first kappa shape index (κ1) is 19.2. The van der Waals surface area contributed by atoms with Crippen molar-refractivity contribution in [2.24, 2.45) is 0 Å². The second kappa shape index (κ2) is 7.60. The third-order valence-electron chi connectivity index (χ3n) is 4.42. The minimum Gasteiger partial charge on any atom is -0.367 e. The molecular formula is C19H16F2N5O2. The largest absolute Gasteiger partial charge is 0.367 e. The molecule has 9 heteroatoms. The molecule has 3 N–H and O–H groups in total. The van der Waals surface area contributed by atoms with Gasteiger partial charge < -0.3 is 15.6 Å². The fraction of sp³-hybridized carbons (Fsp3) is 0.211. The van der Waals surface area contributed by atoms with E-state index in [0.29, 0.717) is 22.2 Å². The number of aromatic amines is 1. The summed E-state index contributed by atoms with van der Waals surface area (Å²) in [5.41, 5.74) is 0.398. The molecule has 3 heterocycles. The highest BCUT2D eigenvalue weighted by atomic mass is 19.1. The molecule has 7 nitrogen and oxygen atoms in total. The van der Waals surface area contributed by atoms with Gasteiger partial charge in [-0.1, -0.05) is 0 Å². The Morgan fingerprint density at radius 1 is 1.43 bits per heavy atom. The number of carbonyl (C=O) groups excluding carboxylic acids is 1. The third-order valence-corrected chi connectivity index (χ3v) is 4.42. The first-order valence-electron chi connectivity index (χ1n) is 8.38. The maximum atomic E-state index is 13.8. The summed E-state index contributed by atoms with van der Waals surface area (Å²) in [5, 5.41) is 15.6. The minimum atomic E-state index is -0.873. The number of aromatic nitrogens is 2. The van der Waals surface area contributed by atoms with Crippen LogP contribution in [0.5, 0.6) is 0 Å². The van der Waals surface area contributed by atoms with Gasteiger partial charge in [-0.05, 0) is 25.5 Å². The van der Waals surface area contributed by atoms with E-state index in [-0.39, 0.29) is 23.4 Å². The van der Waals surface area contributed by atoms with Gasteiger partial charge in [0.2, 0.25) is 5.91 Å².